The average Bonchev–Trinajstić information content (AvgIpc) is 2.75. The molecule has 84 valence electrons. The fourth-order valence-corrected chi connectivity index (χ4v) is 1.35. The highest BCUT2D eigenvalue weighted by molar-refractivity contribution is 5.48. The van der Waals surface area contributed by atoms with Crippen LogP contribution in [0.15, 0.2) is 22.9 Å². The molecule has 16 heavy (non-hydrogen) atoms. The van der Waals surface area contributed by atoms with E-state index in [4.69, 9.17) is 9.63 Å². The van der Waals surface area contributed by atoms with Crippen LogP contribution < -0.4 is 0 Å². The van der Waals surface area contributed by atoms with E-state index in [2.05, 4.69) is 15.1 Å². The first kappa shape index (κ1) is 10.8. The highest BCUT2D eigenvalue weighted by Gasteiger charge is 2.09. The molecule has 2 aromatic heterocycles. The number of aliphatic hydroxyl groups is 1. The Morgan fingerprint density at radius 1 is 1.44 bits per heavy atom. The third-order valence-corrected chi connectivity index (χ3v) is 2.16. The van der Waals surface area contributed by atoms with Gasteiger partial charge in [-0.25, -0.2) is 0 Å². The van der Waals surface area contributed by atoms with Gasteiger partial charge in [0.15, 0.2) is 0 Å². The molecule has 0 radical (unpaired) electrons. The molecule has 2 heterocycles. The lowest BCUT2D eigenvalue weighted by Crippen LogP contribution is -1.90. The number of rotatable bonds is 4. The largest absolute Gasteiger partial charge is 0.396 e. The summed E-state index contributed by atoms with van der Waals surface area (Å²) in [5, 5.41) is 12.5. The second-order valence-corrected chi connectivity index (χ2v) is 3.56. The molecule has 1 N–H and O–H groups in total. The number of hydrogen-bond donors (Lipinski definition) is 1. The van der Waals surface area contributed by atoms with Crippen LogP contribution in [0.4, 0.5) is 0 Å². The molecule has 0 unspecified atom stereocenters. The molecule has 0 spiro atoms. The number of aromatic nitrogens is 3. The van der Waals surface area contributed by atoms with E-state index in [9.17, 15) is 0 Å². The smallest absolute Gasteiger partial charge is 0.227 e. The number of nitrogens with zero attached hydrogens (tertiary/aromatic N) is 3. The van der Waals surface area contributed by atoms with Gasteiger partial charge >= 0.3 is 0 Å². The van der Waals surface area contributed by atoms with Crippen molar-refractivity contribution in [2.75, 3.05) is 6.61 Å². The van der Waals surface area contributed by atoms with Crippen molar-refractivity contribution in [2.45, 2.75) is 19.8 Å². The first-order chi connectivity index (χ1) is 7.79. The summed E-state index contributed by atoms with van der Waals surface area (Å²) in [6.07, 6.45) is 2.94. The van der Waals surface area contributed by atoms with E-state index in [1.165, 1.54) is 0 Å². The summed E-state index contributed by atoms with van der Waals surface area (Å²) in [7, 11) is 0. The van der Waals surface area contributed by atoms with E-state index in [1.54, 1.807) is 6.20 Å². The molecule has 2 aromatic rings. The van der Waals surface area contributed by atoms with Crippen LogP contribution in [-0.2, 0) is 6.42 Å². The monoisotopic (exact) mass is 219 g/mol. The van der Waals surface area contributed by atoms with Crippen LogP contribution in [0.3, 0.4) is 0 Å². The number of pyridine rings is 1. The molecule has 0 aliphatic heterocycles. The highest BCUT2D eigenvalue weighted by Crippen LogP contribution is 2.14. The molecule has 5 nitrogen and oxygen atoms in total. The molecule has 0 saturated heterocycles. The van der Waals surface area contributed by atoms with Gasteiger partial charge in [-0.1, -0.05) is 5.16 Å². The lowest BCUT2D eigenvalue weighted by Gasteiger charge is -1.94. The van der Waals surface area contributed by atoms with Crippen LogP contribution in [0.2, 0.25) is 0 Å². The average molecular weight is 219 g/mol. The second kappa shape index (κ2) is 4.85. The summed E-state index contributed by atoms with van der Waals surface area (Å²) in [5.74, 6) is 1.03. The summed E-state index contributed by atoms with van der Waals surface area (Å²) in [5.41, 5.74) is 1.81. The van der Waals surface area contributed by atoms with Gasteiger partial charge in [0.2, 0.25) is 11.7 Å². The lowest BCUT2D eigenvalue weighted by atomic mass is 10.2. The van der Waals surface area contributed by atoms with Crippen LogP contribution in [0.25, 0.3) is 11.5 Å². The summed E-state index contributed by atoms with van der Waals surface area (Å²) in [6, 6.07) is 3.82. The molecule has 0 aliphatic carbocycles. The van der Waals surface area contributed by atoms with E-state index in [0.717, 1.165) is 5.56 Å². The number of aliphatic hydroxyl groups excluding tert-OH is 1. The van der Waals surface area contributed by atoms with E-state index < -0.39 is 0 Å². The van der Waals surface area contributed by atoms with Gasteiger partial charge in [-0.05, 0) is 31.0 Å². The fourth-order valence-electron chi connectivity index (χ4n) is 1.35. The van der Waals surface area contributed by atoms with Crippen molar-refractivity contribution in [3.63, 3.8) is 0 Å². The maximum Gasteiger partial charge on any atom is 0.227 e. The third kappa shape index (κ3) is 2.43. The Hall–Kier alpha value is -1.75. The van der Waals surface area contributed by atoms with Crippen molar-refractivity contribution >= 4 is 0 Å². The standard InChI is InChI=1S/C11H13N3O2/c1-8-4-5-12-9(7-8)11-13-10(16-14-11)3-2-6-15/h4-5,7,15H,2-3,6H2,1H3. The Morgan fingerprint density at radius 2 is 2.31 bits per heavy atom. The summed E-state index contributed by atoms with van der Waals surface area (Å²) >= 11 is 0. The minimum Gasteiger partial charge on any atom is -0.396 e. The van der Waals surface area contributed by atoms with Gasteiger partial charge < -0.3 is 9.63 Å². The van der Waals surface area contributed by atoms with Crippen LogP contribution in [-0.4, -0.2) is 26.8 Å². The van der Waals surface area contributed by atoms with Crippen molar-refractivity contribution in [1.82, 2.24) is 15.1 Å². The Bertz CT molecular complexity index is 468. The molecule has 0 bridgehead atoms. The zero-order valence-electron chi connectivity index (χ0n) is 9.05. The van der Waals surface area contributed by atoms with Crippen LogP contribution >= 0.6 is 0 Å². The second-order valence-electron chi connectivity index (χ2n) is 3.56. The van der Waals surface area contributed by atoms with Crippen molar-refractivity contribution < 1.29 is 9.63 Å². The number of aryl methyl sites for hydroxylation is 2. The maximum absolute atomic E-state index is 8.69. The Morgan fingerprint density at radius 3 is 3.06 bits per heavy atom. The Kier molecular flexibility index (Phi) is 3.26. The van der Waals surface area contributed by atoms with Crippen molar-refractivity contribution in [1.29, 1.82) is 0 Å². The molecule has 0 aromatic carbocycles. The molecule has 0 fully saturated rings. The summed E-state index contributed by atoms with van der Waals surface area (Å²) in [6.45, 7) is 2.11. The first-order valence-electron chi connectivity index (χ1n) is 5.16. The fraction of sp³-hybridized carbons (Fsp3) is 0.364. The van der Waals surface area contributed by atoms with Crippen LogP contribution in [0.5, 0.6) is 0 Å². The Balaban J connectivity index is 2.18. The predicted octanol–water partition coefficient (Wildman–Crippen LogP) is 1.36. The van der Waals surface area contributed by atoms with Gasteiger partial charge in [0.25, 0.3) is 0 Å². The molecule has 0 amide bonds. The molecule has 2 rings (SSSR count). The van der Waals surface area contributed by atoms with E-state index in [1.807, 2.05) is 19.1 Å². The van der Waals surface area contributed by atoms with Crippen molar-refractivity contribution in [3.05, 3.63) is 29.8 Å². The molecular weight excluding hydrogens is 206 g/mol. The third-order valence-electron chi connectivity index (χ3n) is 2.16. The zero-order chi connectivity index (χ0) is 11.4. The van der Waals surface area contributed by atoms with E-state index in [-0.39, 0.29) is 6.61 Å². The number of hydrogen-bond acceptors (Lipinski definition) is 5. The molecule has 0 saturated carbocycles. The van der Waals surface area contributed by atoms with Crippen molar-refractivity contribution in [2.24, 2.45) is 0 Å². The van der Waals surface area contributed by atoms with Gasteiger partial charge in [0, 0.05) is 19.2 Å². The van der Waals surface area contributed by atoms with Gasteiger partial charge in [-0.15, -0.1) is 0 Å². The van der Waals surface area contributed by atoms with E-state index >= 15 is 0 Å². The topological polar surface area (TPSA) is 72.0 Å². The first-order valence-corrected chi connectivity index (χ1v) is 5.16. The van der Waals surface area contributed by atoms with Crippen LogP contribution in [0, 0.1) is 6.92 Å². The molecule has 5 heteroatoms. The van der Waals surface area contributed by atoms with Gasteiger partial charge in [-0.2, -0.15) is 4.98 Å². The Labute approximate surface area is 93.1 Å². The van der Waals surface area contributed by atoms with Gasteiger partial charge in [0.1, 0.15) is 5.69 Å². The van der Waals surface area contributed by atoms with E-state index in [0.29, 0.717) is 30.3 Å². The lowest BCUT2D eigenvalue weighted by molar-refractivity contribution is 0.278. The summed E-state index contributed by atoms with van der Waals surface area (Å²) < 4.78 is 5.05. The highest BCUT2D eigenvalue weighted by atomic mass is 16.5. The summed E-state index contributed by atoms with van der Waals surface area (Å²) in [4.78, 5) is 8.38. The molecule has 0 aliphatic rings. The zero-order valence-corrected chi connectivity index (χ0v) is 9.05. The molecular formula is C11H13N3O2. The van der Waals surface area contributed by atoms with Crippen LogP contribution in [0.1, 0.15) is 17.9 Å². The van der Waals surface area contributed by atoms with Gasteiger partial charge in [-0.3, -0.25) is 4.98 Å². The normalized spacial score (nSPS) is 10.6. The van der Waals surface area contributed by atoms with Gasteiger partial charge in [0.05, 0.1) is 0 Å². The molecule has 0 atom stereocenters. The maximum atomic E-state index is 8.69. The SMILES string of the molecule is Cc1ccnc(-c2noc(CCCO)n2)c1. The minimum atomic E-state index is 0.125. The predicted molar refractivity (Wildman–Crippen MR) is 57.7 cm³/mol. The van der Waals surface area contributed by atoms with Crippen molar-refractivity contribution in [3.8, 4) is 11.5 Å². The minimum absolute atomic E-state index is 0.125. The quantitative estimate of drug-likeness (QED) is 0.840.